The van der Waals surface area contributed by atoms with Crippen molar-refractivity contribution in [2.24, 2.45) is 11.1 Å². The summed E-state index contributed by atoms with van der Waals surface area (Å²) >= 11 is 0. The van der Waals surface area contributed by atoms with Crippen molar-refractivity contribution in [2.75, 3.05) is 36.0 Å². The smallest absolute Gasteiger partial charge is 0.183 e. The SMILES string of the molecule is CC[C@@H]1CCN(c2n[nH]c3nc(N4CCC(C)(CN)CC4)cnc23)c2ccccc21. The average Bonchev–Trinajstić information content (AvgIpc) is 3.22. The van der Waals surface area contributed by atoms with Gasteiger partial charge in [0.15, 0.2) is 17.0 Å². The summed E-state index contributed by atoms with van der Waals surface area (Å²) < 4.78 is 0. The first kappa shape index (κ1) is 19.3. The van der Waals surface area contributed by atoms with Crippen LogP contribution >= 0.6 is 0 Å². The number of nitrogens with two attached hydrogens (primary N) is 1. The fraction of sp³-hybridized carbons (Fsp3) is 0.522. The molecule has 2 aliphatic heterocycles. The Bertz CT molecular complexity index is 1030. The minimum Gasteiger partial charge on any atom is -0.355 e. The zero-order valence-corrected chi connectivity index (χ0v) is 17.9. The van der Waals surface area contributed by atoms with Gasteiger partial charge in [-0.15, -0.1) is 0 Å². The molecule has 1 aromatic carbocycles. The number of H-pyrrole nitrogens is 1. The summed E-state index contributed by atoms with van der Waals surface area (Å²) in [5, 5.41) is 7.77. The highest BCUT2D eigenvalue weighted by atomic mass is 15.3. The van der Waals surface area contributed by atoms with Gasteiger partial charge in [-0.2, -0.15) is 5.10 Å². The van der Waals surface area contributed by atoms with Gasteiger partial charge in [-0.3, -0.25) is 5.10 Å². The predicted octanol–water partition coefficient (Wildman–Crippen LogP) is 3.95. The molecule has 7 nitrogen and oxygen atoms in total. The van der Waals surface area contributed by atoms with E-state index in [1.165, 1.54) is 11.3 Å². The molecule has 0 spiro atoms. The molecule has 0 bridgehead atoms. The highest BCUT2D eigenvalue weighted by Crippen LogP contribution is 2.41. The number of rotatable bonds is 4. The largest absolute Gasteiger partial charge is 0.355 e. The minimum absolute atomic E-state index is 0.243. The molecule has 5 rings (SSSR count). The Morgan fingerprint density at radius 1 is 1.20 bits per heavy atom. The summed E-state index contributed by atoms with van der Waals surface area (Å²) in [7, 11) is 0. The van der Waals surface area contributed by atoms with Crippen LogP contribution in [0.4, 0.5) is 17.3 Å². The number of piperidine rings is 1. The molecule has 2 aliphatic rings. The molecule has 30 heavy (non-hydrogen) atoms. The van der Waals surface area contributed by atoms with Gasteiger partial charge in [0.2, 0.25) is 0 Å². The van der Waals surface area contributed by atoms with E-state index in [-0.39, 0.29) is 5.41 Å². The lowest BCUT2D eigenvalue weighted by atomic mass is 9.80. The zero-order chi connectivity index (χ0) is 20.7. The molecule has 1 fully saturated rings. The Morgan fingerprint density at radius 3 is 2.77 bits per heavy atom. The molecule has 0 saturated carbocycles. The lowest BCUT2D eigenvalue weighted by Gasteiger charge is -2.39. The third-order valence-corrected chi connectivity index (χ3v) is 7.14. The lowest BCUT2D eigenvalue weighted by Crippen LogP contribution is -2.42. The fourth-order valence-corrected chi connectivity index (χ4v) is 4.88. The predicted molar refractivity (Wildman–Crippen MR) is 121 cm³/mol. The molecule has 158 valence electrons. The maximum absolute atomic E-state index is 5.96. The van der Waals surface area contributed by atoms with Crippen LogP contribution in [0.15, 0.2) is 30.5 Å². The summed E-state index contributed by atoms with van der Waals surface area (Å²) in [4.78, 5) is 14.3. The Kier molecular flexibility index (Phi) is 4.85. The maximum Gasteiger partial charge on any atom is 0.183 e. The number of fused-ring (bicyclic) bond motifs is 2. The first-order valence-corrected chi connectivity index (χ1v) is 11.1. The Morgan fingerprint density at radius 2 is 2.00 bits per heavy atom. The second-order valence-corrected chi connectivity index (χ2v) is 9.08. The fourth-order valence-electron chi connectivity index (χ4n) is 4.88. The van der Waals surface area contributed by atoms with Gasteiger partial charge in [0.05, 0.1) is 6.20 Å². The maximum atomic E-state index is 5.96. The molecule has 0 amide bonds. The van der Waals surface area contributed by atoms with Crippen molar-refractivity contribution in [3.05, 3.63) is 36.0 Å². The molecular weight excluding hydrogens is 374 g/mol. The van der Waals surface area contributed by atoms with Gasteiger partial charge in [-0.25, -0.2) is 9.97 Å². The van der Waals surface area contributed by atoms with Gasteiger partial charge in [-0.05, 0) is 55.2 Å². The molecule has 3 N–H and O–H groups in total. The van der Waals surface area contributed by atoms with Crippen LogP contribution in [0.5, 0.6) is 0 Å². The van der Waals surface area contributed by atoms with E-state index in [9.17, 15) is 0 Å². The topological polar surface area (TPSA) is 87.0 Å². The second-order valence-electron chi connectivity index (χ2n) is 9.08. The molecule has 0 unspecified atom stereocenters. The van der Waals surface area contributed by atoms with Crippen LogP contribution in [0.1, 0.15) is 51.0 Å². The van der Waals surface area contributed by atoms with Crippen molar-refractivity contribution >= 4 is 28.5 Å². The first-order valence-electron chi connectivity index (χ1n) is 11.1. The van der Waals surface area contributed by atoms with E-state index in [0.29, 0.717) is 5.92 Å². The summed E-state index contributed by atoms with van der Waals surface area (Å²) in [5.74, 6) is 2.40. The number of hydrogen-bond acceptors (Lipinski definition) is 6. The van der Waals surface area contributed by atoms with Crippen LogP contribution in [0.2, 0.25) is 0 Å². The van der Waals surface area contributed by atoms with Crippen LogP contribution in [0, 0.1) is 5.41 Å². The van der Waals surface area contributed by atoms with Crippen LogP contribution in [-0.2, 0) is 0 Å². The van der Waals surface area contributed by atoms with Gasteiger partial charge in [-0.1, -0.05) is 32.0 Å². The number of aromatic nitrogens is 4. The van der Waals surface area contributed by atoms with Crippen molar-refractivity contribution in [1.82, 2.24) is 20.2 Å². The Labute approximate surface area is 177 Å². The molecule has 2 aromatic heterocycles. The van der Waals surface area contributed by atoms with Gasteiger partial charge >= 0.3 is 0 Å². The van der Waals surface area contributed by atoms with Crippen LogP contribution in [0.25, 0.3) is 11.2 Å². The summed E-state index contributed by atoms with van der Waals surface area (Å²) in [6.45, 7) is 8.17. The molecular formula is C23H31N7. The van der Waals surface area contributed by atoms with Gasteiger partial charge in [0.1, 0.15) is 5.82 Å². The highest BCUT2D eigenvalue weighted by molar-refractivity contribution is 5.87. The van der Waals surface area contributed by atoms with E-state index in [1.807, 2.05) is 6.20 Å². The van der Waals surface area contributed by atoms with E-state index in [1.54, 1.807) is 0 Å². The quantitative estimate of drug-likeness (QED) is 0.683. The van der Waals surface area contributed by atoms with Crippen molar-refractivity contribution in [2.45, 2.75) is 45.4 Å². The number of aromatic amines is 1. The van der Waals surface area contributed by atoms with Crippen LogP contribution < -0.4 is 15.5 Å². The third-order valence-electron chi connectivity index (χ3n) is 7.14. The van der Waals surface area contributed by atoms with E-state index in [4.69, 9.17) is 15.7 Å². The highest BCUT2D eigenvalue weighted by Gasteiger charge is 2.30. The molecule has 7 heteroatoms. The molecule has 0 aliphatic carbocycles. The van der Waals surface area contributed by atoms with Crippen molar-refractivity contribution in [1.29, 1.82) is 0 Å². The van der Waals surface area contributed by atoms with Crippen molar-refractivity contribution < 1.29 is 0 Å². The normalized spacial score (nSPS) is 21.1. The Hall–Kier alpha value is -2.67. The summed E-state index contributed by atoms with van der Waals surface area (Å²) in [5.41, 5.74) is 10.4. The van der Waals surface area contributed by atoms with Gasteiger partial charge < -0.3 is 15.5 Å². The second kappa shape index (κ2) is 7.54. The molecule has 1 saturated heterocycles. The number of para-hydroxylation sites is 1. The van der Waals surface area contributed by atoms with Crippen molar-refractivity contribution in [3.63, 3.8) is 0 Å². The molecule has 0 radical (unpaired) electrons. The van der Waals surface area contributed by atoms with E-state index >= 15 is 0 Å². The van der Waals surface area contributed by atoms with E-state index in [2.05, 4.69) is 58.1 Å². The molecule has 3 aromatic rings. The summed E-state index contributed by atoms with van der Waals surface area (Å²) in [6.07, 6.45) is 6.35. The number of benzene rings is 1. The van der Waals surface area contributed by atoms with Gasteiger partial charge in [0, 0.05) is 25.3 Å². The number of nitrogens with one attached hydrogen (secondary N) is 1. The number of anilines is 3. The number of nitrogens with zero attached hydrogens (tertiary/aromatic N) is 5. The Balaban J connectivity index is 1.44. The van der Waals surface area contributed by atoms with Crippen molar-refractivity contribution in [3.8, 4) is 0 Å². The minimum atomic E-state index is 0.243. The third kappa shape index (κ3) is 3.21. The monoisotopic (exact) mass is 405 g/mol. The zero-order valence-electron chi connectivity index (χ0n) is 17.9. The van der Waals surface area contributed by atoms with Crippen LogP contribution in [-0.4, -0.2) is 46.3 Å². The lowest BCUT2D eigenvalue weighted by molar-refractivity contribution is 0.258. The van der Waals surface area contributed by atoms with Crippen LogP contribution in [0.3, 0.4) is 0 Å². The number of hydrogen-bond donors (Lipinski definition) is 2. The standard InChI is InChI=1S/C23H31N7/c1-3-16-8-11-30(18-7-5-4-6-17(16)18)22-20-21(27-28-22)26-19(14-25-20)29-12-9-23(2,15-24)10-13-29/h4-7,14,16H,3,8-13,15,24H2,1-2H3,(H,26,27,28)/t16-/m1/s1. The summed E-state index contributed by atoms with van der Waals surface area (Å²) in [6, 6.07) is 8.68. The average molecular weight is 406 g/mol. The molecule has 1 atom stereocenters. The first-order chi connectivity index (χ1) is 14.6. The molecule has 4 heterocycles. The van der Waals surface area contributed by atoms with E-state index in [0.717, 1.165) is 74.7 Å². The van der Waals surface area contributed by atoms with E-state index < -0.39 is 0 Å². The van der Waals surface area contributed by atoms with Gasteiger partial charge in [0.25, 0.3) is 0 Å².